The monoisotopic (exact) mass is 108 g/mol. The van der Waals surface area contributed by atoms with Crippen LogP contribution in [-0.4, -0.2) is 0 Å². The quantitative estimate of drug-likeness (QED) is 0.417. The average Bonchev–Trinajstić information content (AvgIpc) is 1.64. The second-order valence-electron chi connectivity index (χ2n) is 3.19. The van der Waals surface area contributed by atoms with Gasteiger partial charge in [-0.2, -0.15) is 0 Å². The fourth-order valence-electron chi connectivity index (χ4n) is 1.97. The number of fused-ring (bicyclic) bond motifs is 1. The van der Waals surface area contributed by atoms with E-state index in [0.29, 0.717) is 0 Å². The smallest absolute Gasteiger partial charge is 0.0134 e. The van der Waals surface area contributed by atoms with E-state index in [1.54, 1.807) is 5.57 Å². The lowest BCUT2D eigenvalue weighted by Gasteiger charge is -2.50. The standard InChI is InChI=1S/C8H12/c1-5-6(2)8-4-3-7(5)8/h3,5-6,8H,4H2,1-2H3. The predicted molar refractivity (Wildman–Crippen MR) is 34.5 cm³/mol. The van der Waals surface area contributed by atoms with E-state index in [-0.39, 0.29) is 0 Å². The van der Waals surface area contributed by atoms with Crippen LogP contribution >= 0.6 is 0 Å². The molecule has 1 saturated carbocycles. The fraction of sp³-hybridized carbons (Fsp3) is 0.750. The molecule has 0 aromatic carbocycles. The van der Waals surface area contributed by atoms with Crippen molar-refractivity contribution < 1.29 is 0 Å². The Balaban J connectivity index is 2.20. The summed E-state index contributed by atoms with van der Waals surface area (Å²) in [5.41, 5.74) is 1.75. The Morgan fingerprint density at radius 1 is 1.50 bits per heavy atom. The summed E-state index contributed by atoms with van der Waals surface area (Å²) < 4.78 is 0. The van der Waals surface area contributed by atoms with Crippen LogP contribution in [0.3, 0.4) is 0 Å². The second kappa shape index (κ2) is 1.18. The van der Waals surface area contributed by atoms with E-state index in [2.05, 4.69) is 19.9 Å². The van der Waals surface area contributed by atoms with Crippen molar-refractivity contribution in [3.8, 4) is 0 Å². The molecule has 0 heterocycles. The van der Waals surface area contributed by atoms with E-state index in [1.807, 2.05) is 0 Å². The zero-order chi connectivity index (χ0) is 5.72. The summed E-state index contributed by atoms with van der Waals surface area (Å²) in [4.78, 5) is 0. The third kappa shape index (κ3) is 0.300. The largest absolute Gasteiger partial charge is 0.0841 e. The average molecular weight is 108 g/mol. The van der Waals surface area contributed by atoms with E-state index >= 15 is 0 Å². The summed E-state index contributed by atoms with van der Waals surface area (Å²) in [7, 11) is 0. The first-order chi connectivity index (χ1) is 3.80. The zero-order valence-corrected chi connectivity index (χ0v) is 5.52. The van der Waals surface area contributed by atoms with E-state index in [9.17, 15) is 0 Å². The molecule has 0 amide bonds. The minimum absolute atomic E-state index is 0.925. The van der Waals surface area contributed by atoms with E-state index in [1.165, 1.54) is 6.42 Å². The molecule has 0 heteroatoms. The fourth-order valence-corrected chi connectivity index (χ4v) is 1.97. The normalized spacial score (nSPS) is 50.8. The minimum atomic E-state index is 0.925. The summed E-state index contributed by atoms with van der Waals surface area (Å²) in [5.74, 6) is 2.94. The van der Waals surface area contributed by atoms with Crippen LogP contribution in [0.2, 0.25) is 0 Å². The van der Waals surface area contributed by atoms with Crippen molar-refractivity contribution in [1.82, 2.24) is 0 Å². The Labute approximate surface area is 50.6 Å². The van der Waals surface area contributed by atoms with Crippen molar-refractivity contribution in [2.75, 3.05) is 0 Å². The molecule has 0 aromatic heterocycles. The molecule has 0 aromatic rings. The molecule has 2 aliphatic rings. The molecular formula is C8H12. The van der Waals surface area contributed by atoms with E-state index in [4.69, 9.17) is 0 Å². The van der Waals surface area contributed by atoms with Gasteiger partial charge in [0.05, 0.1) is 0 Å². The van der Waals surface area contributed by atoms with Crippen molar-refractivity contribution in [2.45, 2.75) is 20.3 Å². The third-order valence-electron chi connectivity index (χ3n) is 2.98. The first-order valence-electron chi connectivity index (χ1n) is 3.50. The molecule has 2 rings (SSSR count). The Morgan fingerprint density at radius 2 is 2.25 bits per heavy atom. The van der Waals surface area contributed by atoms with Crippen LogP contribution in [0.1, 0.15) is 20.3 Å². The Hall–Kier alpha value is -0.260. The second-order valence-corrected chi connectivity index (χ2v) is 3.19. The lowest BCUT2D eigenvalue weighted by molar-refractivity contribution is 0.177. The molecule has 8 heavy (non-hydrogen) atoms. The summed E-state index contributed by atoms with van der Waals surface area (Å²) in [6, 6.07) is 0. The highest BCUT2D eigenvalue weighted by molar-refractivity contribution is 5.30. The zero-order valence-electron chi connectivity index (χ0n) is 5.52. The molecule has 2 aliphatic carbocycles. The minimum Gasteiger partial charge on any atom is -0.0841 e. The van der Waals surface area contributed by atoms with Gasteiger partial charge in [0.25, 0.3) is 0 Å². The van der Waals surface area contributed by atoms with Gasteiger partial charge in [-0.25, -0.2) is 0 Å². The molecular weight excluding hydrogens is 96.1 g/mol. The Bertz CT molecular complexity index is 144. The van der Waals surface area contributed by atoms with Crippen molar-refractivity contribution in [3.63, 3.8) is 0 Å². The third-order valence-corrected chi connectivity index (χ3v) is 2.98. The maximum Gasteiger partial charge on any atom is -0.0134 e. The first kappa shape index (κ1) is 4.60. The van der Waals surface area contributed by atoms with Crippen LogP contribution < -0.4 is 0 Å². The summed E-state index contributed by atoms with van der Waals surface area (Å²) in [5, 5.41) is 0. The molecule has 0 aliphatic heterocycles. The Kier molecular flexibility index (Phi) is 0.677. The number of hydrogen-bond donors (Lipinski definition) is 0. The summed E-state index contributed by atoms with van der Waals surface area (Å²) in [6.45, 7) is 4.71. The maximum atomic E-state index is 2.40. The van der Waals surface area contributed by atoms with Crippen molar-refractivity contribution in [2.24, 2.45) is 17.8 Å². The highest BCUT2D eigenvalue weighted by Gasteiger charge is 2.43. The molecule has 0 spiro atoms. The van der Waals surface area contributed by atoms with Crippen LogP contribution in [0, 0.1) is 17.8 Å². The molecule has 3 unspecified atom stereocenters. The van der Waals surface area contributed by atoms with Crippen LogP contribution in [0.15, 0.2) is 11.6 Å². The van der Waals surface area contributed by atoms with Gasteiger partial charge >= 0.3 is 0 Å². The predicted octanol–water partition coefficient (Wildman–Crippen LogP) is 2.22. The maximum absolute atomic E-state index is 2.40. The molecule has 1 fully saturated rings. The highest BCUT2D eigenvalue weighted by Crippen LogP contribution is 2.53. The Morgan fingerprint density at radius 3 is 2.38 bits per heavy atom. The molecule has 44 valence electrons. The van der Waals surface area contributed by atoms with Gasteiger partial charge in [0.2, 0.25) is 0 Å². The molecule has 0 bridgehead atoms. The molecule has 3 atom stereocenters. The lowest BCUT2D eigenvalue weighted by Crippen LogP contribution is -2.40. The van der Waals surface area contributed by atoms with Crippen molar-refractivity contribution in [1.29, 1.82) is 0 Å². The van der Waals surface area contributed by atoms with Gasteiger partial charge in [-0.3, -0.25) is 0 Å². The van der Waals surface area contributed by atoms with Gasteiger partial charge in [-0.1, -0.05) is 25.5 Å². The van der Waals surface area contributed by atoms with E-state index < -0.39 is 0 Å². The van der Waals surface area contributed by atoms with Gasteiger partial charge in [0, 0.05) is 0 Å². The van der Waals surface area contributed by atoms with Gasteiger partial charge in [0.1, 0.15) is 0 Å². The van der Waals surface area contributed by atoms with Crippen LogP contribution in [-0.2, 0) is 0 Å². The first-order valence-corrected chi connectivity index (χ1v) is 3.50. The molecule has 0 saturated heterocycles. The number of hydrogen-bond acceptors (Lipinski definition) is 0. The van der Waals surface area contributed by atoms with Crippen LogP contribution in [0.25, 0.3) is 0 Å². The number of allylic oxidation sites excluding steroid dienone is 2. The molecule has 0 N–H and O–H groups in total. The van der Waals surface area contributed by atoms with Gasteiger partial charge < -0.3 is 0 Å². The van der Waals surface area contributed by atoms with Crippen LogP contribution in [0.5, 0.6) is 0 Å². The van der Waals surface area contributed by atoms with Gasteiger partial charge in [-0.05, 0) is 24.2 Å². The van der Waals surface area contributed by atoms with Crippen LogP contribution in [0.4, 0.5) is 0 Å². The summed E-state index contributed by atoms with van der Waals surface area (Å²) in [6.07, 6.45) is 3.77. The van der Waals surface area contributed by atoms with Gasteiger partial charge in [-0.15, -0.1) is 0 Å². The number of rotatable bonds is 0. The molecule has 0 nitrogen and oxygen atoms in total. The van der Waals surface area contributed by atoms with Gasteiger partial charge in [0.15, 0.2) is 0 Å². The SMILES string of the molecule is CC1C2=CCC2C1C. The topological polar surface area (TPSA) is 0 Å². The summed E-state index contributed by atoms with van der Waals surface area (Å²) >= 11 is 0. The van der Waals surface area contributed by atoms with E-state index in [0.717, 1.165) is 17.8 Å². The van der Waals surface area contributed by atoms with Crippen molar-refractivity contribution >= 4 is 0 Å². The lowest BCUT2D eigenvalue weighted by atomic mass is 9.55. The molecule has 0 radical (unpaired) electrons. The van der Waals surface area contributed by atoms with Crippen molar-refractivity contribution in [3.05, 3.63) is 11.6 Å². The highest BCUT2D eigenvalue weighted by atomic mass is 14.5.